The number of hydrogen-bond donors (Lipinski definition) is 1. The highest BCUT2D eigenvalue weighted by molar-refractivity contribution is 5.54. The molecule has 0 bridgehead atoms. The van der Waals surface area contributed by atoms with Crippen LogP contribution < -0.4 is 10.1 Å². The molecular formula is C14H19N5O2. The minimum absolute atomic E-state index is 0.340. The second kappa shape index (κ2) is 6.09. The molecule has 112 valence electrons. The van der Waals surface area contributed by atoms with Gasteiger partial charge >= 0.3 is 0 Å². The Morgan fingerprint density at radius 2 is 2.19 bits per heavy atom. The van der Waals surface area contributed by atoms with Crippen molar-refractivity contribution in [3.8, 4) is 5.88 Å². The van der Waals surface area contributed by atoms with Crippen LogP contribution in [-0.2, 0) is 11.3 Å². The van der Waals surface area contributed by atoms with Crippen LogP contribution >= 0.6 is 0 Å². The molecule has 0 saturated heterocycles. The van der Waals surface area contributed by atoms with Crippen molar-refractivity contribution >= 4 is 11.5 Å². The molecule has 1 N–H and O–H groups in total. The third-order valence-electron chi connectivity index (χ3n) is 3.55. The third-order valence-corrected chi connectivity index (χ3v) is 3.55. The van der Waals surface area contributed by atoms with E-state index in [2.05, 4.69) is 20.4 Å². The van der Waals surface area contributed by atoms with Crippen LogP contribution in [0.5, 0.6) is 5.88 Å². The first-order valence-electron chi connectivity index (χ1n) is 7.00. The zero-order chi connectivity index (χ0) is 14.7. The van der Waals surface area contributed by atoms with Gasteiger partial charge in [0.1, 0.15) is 12.4 Å². The van der Waals surface area contributed by atoms with Gasteiger partial charge in [0.05, 0.1) is 25.0 Å². The summed E-state index contributed by atoms with van der Waals surface area (Å²) in [5, 5.41) is 7.62. The molecule has 0 spiro atoms. The van der Waals surface area contributed by atoms with E-state index in [4.69, 9.17) is 9.47 Å². The van der Waals surface area contributed by atoms with E-state index in [0.717, 1.165) is 5.69 Å². The smallest absolute Gasteiger partial charge is 0.218 e. The van der Waals surface area contributed by atoms with Gasteiger partial charge in [0.2, 0.25) is 5.88 Å². The summed E-state index contributed by atoms with van der Waals surface area (Å²) >= 11 is 0. The van der Waals surface area contributed by atoms with Crippen LogP contribution in [0.3, 0.4) is 0 Å². The molecule has 1 fully saturated rings. The minimum Gasteiger partial charge on any atom is -0.481 e. The maximum Gasteiger partial charge on any atom is 0.218 e. The molecule has 21 heavy (non-hydrogen) atoms. The normalized spacial score (nSPS) is 14.8. The number of methoxy groups -OCH3 is 2. The maximum absolute atomic E-state index is 5.18. The van der Waals surface area contributed by atoms with E-state index >= 15 is 0 Å². The van der Waals surface area contributed by atoms with Gasteiger partial charge in [0.15, 0.2) is 5.82 Å². The Bertz CT molecular complexity index is 609. The van der Waals surface area contributed by atoms with Gasteiger partial charge in [0.25, 0.3) is 0 Å². The maximum atomic E-state index is 5.18. The monoisotopic (exact) mass is 289 g/mol. The van der Waals surface area contributed by atoms with Gasteiger partial charge in [-0.15, -0.1) is 0 Å². The number of anilines is 2. The SMILES string of the molecule is COCc1nc(Nc2cnn(C3CCC3)c2)cc(OC)n1. The number of rotatable bonds is 6. The highest BCUT2D eigenvalue weighted by Crippen LogP contribution is 2.31. The summed E-state index contributed by atoms with van der Waals surface area (Å²) in [6.45, 7) is 0.340. The minimum atomic E-state index is 0.340. The molecule has 0 unspecified atom stereocenters. The number of nitrogens with zero attached hydrogens (tertiary/aromatic N) is 4. The van der Waals surface area contributed by atoms with Gasteiger partial charge in [-0.2, -0.15) is 10.1 Å². The van der Waals surface area contributed by atoms with E-state index in [1.54, 1.807) is 20.3 Å². The number of ether oxygens (including phenoxy) is 2. The van der Waals surface area contributed by atoms with Crippen LogP contribution in [0.1, 0.15) is 31.1 Å². The van der Waals surface area contributed by atoms with Crippen molar-refractivity contribution in [2.75, 3.05) is 19.5 Å². The zero-order valence-corrected chi connectivity index (χ0v) is 12.2. The average molecular weight is 289 g/mol. The van der Waals surface area contributed by atoms with Gasteiger partial charge < -0.3 is 14.8 Å². The fraction of sp³-hybridized carbons (Fsp3) is 0.500. The molecule has 0 aliphatic heterocycles. The Morgan fingerprint density at radius 1 is 1.33 bits per heavy atom. The van der Waals surface area contributed by atoms with E-state index in [0.29, 0.717) is 30.2 Å². The van der Waals surface area contributed by atoms with Gasteiger partial charge in [0, 0.05) is 19.4 Å². The molecule has 3 rings (SSSR count). The Kier molecular flexibility index (Phi) is 4.01. The quantitative estimate of drug-likeness (QED) is 0.879. The predicted molar refractivity (Wildman–Crippen MR) is 77.7 cm³/mol. The fourth-order valence-electron chi connectivity index (χ4n) is 2.24. The summed E-state index contributed by atoms with van der Waals surface area (Å²) in [5.41, 5.74) is 0.908. The van der Waals surface area contributed by atoms with Crippen LogP contribution in [-0.4, -0.2) is 34.0 Å². The molecule has 7 heteroatoms. The summed E-state index contributed by atoms with van der Waals surface area (Å²) in [6, 6.07) is 2.30. The summed E-state index contributed by atoms with van der Waals surface area (Å²) in [5.74, 6) is 1.75. The van der Waals surface area contributed by atoms with Gasteiger partial charge in [-0.25, -0.2) is 4.98 Å². The third kappa shape index (κ3) is 3.13. The number of hydrogen-bond acceptors (Lipinski definition) is 6. The second-order valence-electron chi connectivity index (χ2n) is 5.06. The Morgan fingerprint density at radius 3 is 2.86 bits per heavy atom. The van der Waals surface area contributed by atoms with Crippen molar-refractivity contribution in [3.63, 3.8) is 0 Å². The molecule has 1 saturated carbocycles. The molecule has 0 amide bonds. The van der Waals surface area contributed by atoms with Crippen LogP contribution in [0.4, 0.5) is 11.5 Å². The predicted octanol–water partition coefficient (Wildman–Crippen LogP) is 2.30. The molecular weight excluding hydrogens is 270 g/mol. The van der Waals surface area contributed by atoms with Crippen molar-refractivity contribution in [2.45, 2.75) is 31.9 Å². The Labute approximate surface area is 123 Å². The Hall–Kier alpha value is -2.15. The summed E-state index contributed by atoms with van der Waals surface area (Å²) in [6.07, 6.45) is 7.52. The van der Waals surface area contributed by atoms with Crippen LogP contribution in [0.2, 0.25) is 0 Å². The van der Waals surface area contributed by atoms with E-state index < -0.39 is 0 Å². The van der Waals surface area contributed by atoms with Crippen molar-refractivity contribution < 1.29 is 9.47 Å². The second-order valence-corrected chi connectivity index (χ2v) is 5.06. The number of nitrogens with one attached hydrogen (secondary N) is 1. The first-order valence-corrected chi connectivity index (χ1v) is 7.00. The van der Waals surface area contributed by atoms with E-state index in [-0.39, 0.29) is 0 Å². The van der Waals surface area contributed by atoms with E-state index in [1.807, 2.05) is 17.1 Å². The largest absolute Gasteiger partial charge is 0.481 e. The molecule has 2 aromatic heterocycles. The highest BCUT2D eigenvalue weighted by Gasteiger charge is 2.20. The first-order chi connectivity index (χ1) is 10.3. The lowest BCUT2D eigenvalue weighted by atomic mass is 9.93. The van der Waals surface area contributed by atoms with Crippen LogP contribution in [0.15, 0.2) is 18.5 Å². The number of aromatic nitrogens is 4. The van der Waals surface area contributed by atoms with E-state index in [9.17, 15) is 0 Å². The van der Waals surface area contributed by atoms with Gasteiger partial charge in [-0.3, -0.25) is 4.68 Å². The molecule has 0 atom stereocenters. The summed E-state index contributed by atoms with van der Waals surface area (Å²) in [4.78, 5) is 8.61. The van der Waals surface area contributed by atoms with E-state index in [1.165, 1.54) is 19.3 Å². The van der Waals surface area contributed by atoms with Gasteiger partial charge in [-0.05, 0) is 19.3 Å². The first kappa shape index (κ1) is 13.8. The Balaban J connectivity index is 1.76. The summed E-state index contributed by atoms with van der Waals surface area (Å²) < 4.78 is 12.3. The molecule has 2 aromatic rings. The van der Waals surface area contributed by atoms with Crippen molar-refractivity contribution in [1.29, 1.82) is 0 Å². The topological polar surface area (TPSA) is 74.1 Å². The summed E-state index contributed by atoms with van der Waals surface area (Å²) in [7, 11) is 3.19. The van der Waals surface area contributed by atoms with Crippen molar-refractivity contribution in [2.24, 2.45) is 0 Å². The van der Waals surface area contributed by atoms with Crippen molar-refractivity contribution in [1.82, 2.24) is 19.7 Å². The van der Waals surface area contributed by atoms with Crippen LogP contribution in [0, 0.1) is 0 Å². The molecule has 0 radical (unpaired) electrons. The zero-order valence-electron chi connectivity index (χ0n) is 12.2. The lowest BCUT2D eigenvalue weighted by Crippen LogP contribution is -2.17. The van der Waals surface area contributed by atoms with Crippen LogP contribution in [0.25, 0.3) is 0 Å². The molecule has 1 aliphatic carbocycles. The molecule has 0 aromatic carbocycles. The molecule has 2 heterocycles. The molecule has 1 aliphatic rings. The average Bonchev–Trinajstić information content (AvgIpc) is 2.85. The standard InChI is InChI=1S/C14H19N5O2/c1-20-9-13-17-12(6-14(18-13)21-2)16-10-7-15-19(8-10)11-4-3-5-11/h6-8,11H,3-5,9H2,1-2H3,(H,16,17,18). The fourth-order valence-corrected chi connectivity index (χ4v) is 2.24. The lowest BCUT2D eigenvalue weighted by molar-refractivity contribution is 0.177. The molecule has 7 nitrogen and oxygen atoms in total. The lowest BCUT2D eigenvalue weighted by Gasteiger charge is -2.25. The highest BCUT2D eigenvalue weighted by atomic mass is 16.5. The van der Waals surface area contributed by atoms with Gasteiger partial charge in [-0.1, -0.05) is 0 Å². The van der Waals surface area contributed by atoms with Crippen molar-refractivity contribution in [3.05, 3.63) is 24.3 Å².